The SMILES string of the molecule is COc1cc(F)c(C(Br)C(C(C)C)C(C)C)c(F)c1. The first kappa shape index (κ1) is 16.4. The van der Waals surface area contributed by atoms with Crippen molar-refractivity contribution in [2.45, 2.75) is 32.5 Å². The van der Waals surface area contributed by atoms with Gasteiger partial charge in [0.1, 0.15) is 17.4 Å². The molecule has 1 rings (SSSR count). The van der Waals surface area contributed by atoms with E-state index in [4.69, 9.17) is 4.74 Å². The van der Waals surface area contributed by atoms with Gasteiger partial charge in [-0.05, 0) is 17.8 Å². The van der Waals surface area contributed by atoms with Gasteiger partial charge in [0.15, 0.2) is 0 Å². The van der Waals surface area contributed by atoms with Crippen LogP contribution in [0.15, 0.2) is 12.1 Å². The summed E-state index contributed by atoms with van der Waals surface area (Å²) < 4.78 is 33.0. The molecule has 1 nitrogen and oxygen atoms in total. The van der Waals surface area contributed by atoms with E-state index in [2.05, 4.69) is 43.6 Å². The van der Waals surface area contributed by atoms with E-state index in [-0.39, 0.29) is 22.1 Å². The summed E-state index contributed by atoms with van der Waals surface area (Å²) in [5.74, 6) is -0.132. The van der Waals surface area contributed by atoms with Crippen LogP contribution in [0.5, 0.6) is 5.75 Å². The van der Waals surface area contributed by atoms with E-state index in [0.717, 1.165) is 0 Å². The number of hydrogen-bond acceptors (Lipinski definition) is 1. The van der Waals surface area contributed by atoms with Crippen LogP contribution in [0.1, 0.15) is 38.1 Å². The molecular formula is C15H21BrF2O. The number of benzene rings is 1. The number of hydrogen-bond donors (Lipinski definition) is 0. The number of alkyl halides is 1. The average molecular weight is 335 g/mol. The summed E-state index contributed by atoms with van der Waals surface area (Å²) in [7, 11) is 1.39. The monoisotopic (exact) mass is 334 g/mol. The van der Waals surface area contributed by atoms with Crippen molar-refractivity contribution in [1.82, 2.24) is 0 Å². The smallest absolute Gasteiger partial charge is 0.134 e. The van der Waals surface area contributed by atoms with Crippen LogP contribution < -0.4 is 4.74 Å². The molecule has 1 atom stereocenters. The summed E-state index contributed by atoms with van der Waals surface area (Å²) in [5.41, 5.74) is 0.0909. The molecule has 0 N–H and O–H groups in total. The van der Waals surface area contributed by atoms with Gasteiger partial charge in [0.05, 0.1) is 7.11 Å². The van der Waals surface area contributed by atoms with E-state index in [0.29, 0.717) is 11.8 Å². The van der Waals surface area contributed by atoms with Crippen LogP contribution in [-0.2, 0) is 0 Å². The molecule has 0 aliphatic rings. The van der Waals surface area contributed by atoms with E-state index in [1.54, 1.807) is 0 Å². The summed E-state index contributed by atoms with van der Waals surface area (Å²) in [5, 5.41) is 0. The van der Waals surface area contributed by atoms with Gasteiger partial charge in [-0.2, -0.15) is 0 Å². The molecule has 0 spiro atoms. The third-order valence-electron chi connectivity index (χ3n) is 3.44. The average Bonchev–Trinajstić information content (AvgIpc) is 2.26. The summed E-state index contributed by atoms with van der Waals surface area (Å²) in [4.78, 5) is -0.349. The predicted molar refractivity (Wildman–Crippen MR) is 77.7 cm³/mol. The Bertz CT molecular complexity index is 401. The fraction of sp³-hybridized carbons (Fsp3) is 0.600. The molecule has 0 saturated carbocycles. The van der Waals surface area contributed by atoms with Crippen molar-refractivity contribution >= 4 is 15.9 Å². The largest absolute Gasteiger partial charge is 0.497 e. The molecule has 0 amide bonds. The fourth-order valence-corrected chi connectivity index (χ4v) is 4.24. The lowest BCUT2D eigenvalue weighted by molar-refractivity contribution is 0.278. The van der Waals surface area contributed by atoms with Gasteiger partial charge in [0.2, 0.25) is 0 Å². The summed E-state index contributed by atoms with van der Waals surface area (Å²) >= 11 is 3.48. The van der Waals surface area contributed by atoms with Crippen molar-refractivity contribution in [2.24, 2.45) is 17.8 Å². The van der Waals surface area contributed by atoms with Crippen molar-refractivity contribution in [1.29, 1.82) is 0 Å². The Balaban J connectivity index is 3.21. The molecule has 0 aromatic heterocycles. The zero-order valence-electron chi connectivity index (χ0n) is 12.0. The number of methoxy groups -OCH3 is 1. The van der Waals surface area contributed by atoms with Crippen LogP contribution in [0, 0.1) is 29.4 Å². The van der Waals surface area contributed by atoms with E-state index in [1.807, 2.05) is 0 Å². The van der Waals surface area contributed by atoms with E-state index < -0.39 is 11.6 Å². The molecule has 0 aliphatic heterocycles. The maximum absolute atomic E-state index is 14.1. The molecule has 108 valence electrons. The van der Waals surface area contributed by atoms with Crippen LogP contribution in [-0.4, -0.2) is 7.11 Å². The second kappa shape index (κ2) is 6.69. The minimum Gasteiger partial charge on any atom is -0.497 e. The molecular weight excluding hydrogens is 314 g/mol. The molecule has 0 heterocycles. The molecule has 0 radical (unpaired) electrons. The van der Waals surface area contributed by atoms with Crippen LogP contribution >= 0.6 is 15.9 Å². The quantitative estimate of drug-likeness (QED) is 0.660. The van der Waals surface area contributed by atoms with E-state index >= 15 is 0 Å². The van der Waals surface area contributed by atoms with Crippen molar-refractivity contribution in [3.63, 3.8) is 0 Å². The van der Waals surface area contributed by atoms with E-state index in [1.165, 1.54) is 19.2 Å². The maximum atomic E-state index is 14.1. The molecule has 0 bridgehead atoms. The minimum absolute atomic E-state index is 0.0909. The van der Waals surface area contributed by atoms with Gasteiger partial charge in [-0.25, -0.2) is 8.78 Å². The van der Waals surface area contributed by atoms with Gasteiger partial charge in [0, 0.05) is 22.5 Å². The summed E-state index contributed by atoms with van der Waals surface area (Å²) in [6.07, 6.45) is 0. The van der Waals surface area contributed by atoms with Gasteiger partial charge in [0.25, 0.3) is 0 Å². The summed E-state index contributed by atoms with van der Waals surface area (Å²) in [6.45, 7) is 8.27. The number of ether oxygens (including phenoxy) is 1. The van der Waals surface area contributed by atoms with Crippen LogP contribution in [0.4, 0.5) is 8.78 Å². The highest BCUT2D eigenvalue weighted by Gasteiger charge is 2.31. The molecule has 1 aromatic rings. The predicted octanol–water partition coefficient (Wildman–Crippen LogP) is 5.34. The van der Waals surface area contributed by atoms with Gasteiger partial charge >= 0.3 is 0 Å². The Kier molecular flexibility index (Phi) is 5.78. The number of rotatable bonds is 5. The molecule has 1 unspecified atom stereocenters. The lowest BCUT2D eigenvalue weighted by atomic mass is 9.80. The van der Waals surface area contributed by atoms with Crippen LogP contribution in [0.25, 0.3) is 0 Å². The molecule has 0 aliphatic carbocycles. The lowest BCUT2D eigenvalue weighted by Crippen LogP contribution is -2.22. The first-order valence-corrected chi connectivity index (χ1v) is 7.38. The lowest BCUT2D eigenvalue weighted by Gasteiger charge is -2.30. The topological polar surface area (TPSA) is 9.23 Å². The highest BCUT2D eigenvalue weighted by molar-refractivity contribution is 9.09. The van der Waals surface area contributed by atoms with Gasteiger partial charge < -0.3 is 4.74 Å². The highest BCUT2D eigenvalue weighted by Crippen LogP contribution is 2.42. The highest BCUT2D eigenvalue weighted by atomic mass is 79.9. The molecule has 1 aromatic carbocycles. The van der Waals surface area contributed by atoms with Crippen molar-refractivity contribution < 1.29 is 13.5 Å². The first-order chi connectivity index (χ1) is 8.79. The van der Waals surface area contributed by atoms with Crippen LogP contribution in [0.2, 0.25) is 0 Å². The second-order valence-electron chi connectivity index (χ2n) is 5.47. The van der Waals surface area contributed by atoms with Crippen molar-refractivity contribution in [3.05, 3.63) is 29.3 Å². The standard InChI is InChI=1S/C15H21BrF2O/c1-8(2)13(9(3)4)15(16)14-11(17)6-10(19-5)7-12(14)18/h6-9,13,15H,1-5H3. The fourth-order valence-electron chi connectivity index (χ4n) is 2.58. The molecule has 0 fully saturated rings. The van der Waals surface area contributed by atoms with Crippen LogP contribution in [0.3, 0.4) is 0 Å². The number of halogens is 3. The van der Waals surface area contributed by atoms with Gasteiger partial charge in [-0.15, -0.1) is 0 Å². The Morgan fingerprint density at radius 3 is 1.74 bits per heavy atom. The zero-order valence-corrected chi connectivity index (χ0v) is 13.6. The third kappa shape index (κ3) is 3.68. The maximum Gasteiger partial charge on any atom is 0.134 e. The van der Waals surface area contributed by atoms with Gasteiger partial charge in [-0.1, -0.05) is 43.6 Å². The molecule has 19 heavy (non-hydrogen) atoms. The Morgan fingerprint density at radius 2 is 1.42 bits per heavy atom. The van der Waals surface area contributed by atoms with Crippen molar-refractivity contribution in [2.75, 3.05) is 7.11 Å². The normalized spacial score (nSPS) is 13.4. The third-order valence-corrected chi connectivity index (χ3v) is 4.51. The van der Waals surface area contributed by atoms with Gasteiger partial charge in [-0.3, -0.25) is 0 Å². The Hall–Kier alpha value is -0.640. The van der Waals surface area contributed by atoms with E-state index in [9.17, 15) is 8.78 Å². The van der Waals surface area contributed by atoms with Crippen molar-refractivity contribution in [3.8, 4) is 5.75 Å². The Morgan fingerprint density at radius 1 is 1.00 bits per heavy atom. The second-order valence-corrected chi connectivity index (χ2v) is 6.46. The minimum atomic E-state index is -0.565. The first-order valence-electron chi connectivity index (χ1n) is 6.46. The molecule has 4 heteroatoms. The summed E-state index contributed by atoms with van der Waals surface area (Å²) in [6, 6.07) is 2.45. The Labute approximate surface area is 122 Å². The zero-order chi connectivity index (χ0) is 14.7. The molecule has 0 saturated heterocycles.